The summed E-state index contributed by atoms with van der Waals surface area (Å²) in [6.45, 7) is 9.24. The topological polar surface area (TPSA) is 15.7 Å². The van der Waals surface area contributed by atoms with E-state index in [1.54, 1.807) is 13.0 Å². The maximum atomic E-state index is 12.8. The Labute approximate surface area is 141 Å². The van der Waals surface area contributed by atoms with Crippen molar-refractivity contribution < 1.29 is 17.9 Å². The summed E-state index contributed by atoms with van der Waals surface area (Å²) in [6, 6.07) is 5.01. The predicted molar refractivity (Wildman–Crippen MR) is 86.9 cm³/mol. The molecule has 0 bridgehead atoms. The smallest absolute Gasteiger partial charge is 0.379 e. The van der Waals surface area contributed by atoms with Crippen LogP contribution in [0.2, 0.25) is 0 Å². The summed E-state index contributed by atoms with van der Waals surface area (Å²) >= 11 is 0. The van der Waals surface area contributed by atoms with Gasteiger partial charge in [0.2, 0.25) is 0 Å². The molecule has 1 aromatic rings. The van der Waals surface area contributed by atoms with Gasteiger partial charge in [-0.1, -0.05) is 6.07 Å². The van der Waals surface area contributed by atoms with Crippen molar-refractivity contribution in [3.63, 3.8) is 0 Å². The minimum Gasteiger partial charge on any atom is -0.379 e. The SMILES string of the molecule is Cc1cc(C(F)(F)F)ccc1CN1CC[C@@H](N2CCOCC2)[C@H]1C. The first-order chi connectivity index (χ1) is 11.4. The van der Waals surface area contributed by atoms with Gasteiger partial charge in [-0.25, -0.2) is 0 Å². The van der Waals surface area contributed by atoms with Crippen molar-refractivity contribution in [1.82, 2.24) is 9.80 Å². The van der Waals surface area contributed by atoms with Crippen LogP contribution in [-0.2, 0) is 17.5 Å². The number of ether oxygens (including phenoxy) is 1. The summed E-state index contributed by atoms with van der Waals surface area (Å²) in [5.41, 5.74) is 1.13. The quantitative estimate of drug-likeness (QED) is 0.838. The van der Waals surface area contributed by atoms with Crippen molar-refractivity contribution >= 4 is 0 Å². The third-order valence-electron chi connectivity index (χ3n) is 5.40. The number of hydrogen-bond donors (Lipinski definition) is 0. The van der Waals surface area contributed by atoms with Gasteiger partial charge < -0.3 is 4.74 Å². The fourth-order valence-electron chi connectivity index (χ4n) is 3.87. The number of alkyl halides is 3. The lowest BCUT2D eigenvalue weighted by atomic mass is 10.0. The number of benzene rings is 1. The van der Waals surface area contributed by atoms with Crippen molar-refractivity contribution in [3.05, 3.63) is 34.9 Å². The molecule has 0 N–H and O–H groups in total. The highest BCUT2D eigenvalue weighted by atomic mass is 19.4. The molecule has 0 amide bonds. The Morgan fingerprint density at radius 1 is 1.17 bits per heavy atom. The first-order valence-corrected chi connectivity index (χ1v) is 8.59. The molecule has 3 nitrogen and oxygen atoms in total. The van der Waals surface area contributed by atoms with Gasteiger partial charge in [-0.2, -0.15) is 13.2 Å². The van der Waals surface area contributed by atoms with E-state index in [9.17, 15) is 13.2 Å². The van der Waals surface area contributed by atoms with Gasteiger partial charge >= 0.3 is 6.18 Å². The predicted octanol–water partition coefficient (Wildman–Crippen LogP) is 3.31. The highest BCUT2D eigenvalue weighted by Crippen LogP contribution is 2.31. The normalized spacial score (nSPS) is 26.9. The van der Waals surface area contributed by atoms with Gasteiger partial charge in [-0.15, -0.1) is 0 Å². The Balaban J connectivity index is 1.66. The summed E-state index contributed by atoms with van der Waals surface area (Å²) in [7, 11) is 0. The van der Waals surface area contributed by atoms with E-state index in [0.29, 0.717) is 24.2 Å². The molecule has 2 aliphatic rings. The van der Waals surface area contributed by atoms with Crippen LogP contribution in [-0.4, -0.2) is 54.7 Å². The molecule has 1 aromatic carbocycles. The fraction of sp³-hybridized carbons (Fsp3) is 0.667. The summed E-state index contributed by atoms with van der Waals surface area (Å²) < 4.78 is 43.8. The third kappa shape index (κ3) is 3.76. The van der Waals surface area contributed by atoms with Gasteiger partial charge in [0.05, 0.1) is 18.8 Å². The Hall–Kier alpha value is -1.11. The van der Waals surface area contributed by atoms with E-state index >= 15 is 0 Å². The lowest BCUT2D eigenvalue weighted by molar-refractivity contribution is -0.137. The number of morpholine rings is 1. The van der Waals surface area contributed by atoms with E-state index in [1.807, 2.05) is 0 Å². The molecule has 0 aliphatic carbocycles. The van der Waals surface area contributed by atoms with Crippen LogP contribution in [0.15, 0.2) is 18.2 Å². The van der Waals surface area contributed by atoms with Crippen molar-refractivity contribution in [3.8, 4) is 0 Å². The second-order valence-corrected chi connectivity index (χ2v) is 6.85. The molecule has 6 heteroatoms. The van der Waals surface area contributed by atoms with Crippen molar-refractivity contribution in [2.75, 3.05) is 32.8 Å². The van der Waals surface area contributed by atoms with Gasteiger partial charge in [0.1, 0.15) is 0 Å². The van der Waals surface area contributed by atoms with Crippen molar-refractivity contribution in [2.45, 2.75) is 45.1 Å². The summed E-state index contributed by atoms with van der Waals surface area (Å²) in [4.78, 5) is 4.88. The zero-order valence-corrected chi connectivity index (χ0v) is 14.3. The molecule has 134 valence electrons. The third-order valence-corrected chi connectivity index (χ3v) is 5.40. The molecule has 0 aromatic heterocycles. The maximum Gasteiger partial charge on any atom is 0.416 e. The van der Waals surface area contributed by atoms with Gasteiger partial charge in [0.15, 0.2) is 0 Å². The minimum absolute atomic E-state index is 0.407. The van der Waals surface area contributed by atoms with Crippen LogP contribution in [0.4, 0.5) is 13.2 Å². The van der Waals surface area contributed by atoms with E-state index in [1.165, 1.54) is 12.1 Å². The molecule has 0 spiro atoms. The van der Waals surface area contributed by atoms with E-state index in [4.69, 9.17) is 4.74 Å². The number of likely N-dealkylation sites (tertiary alicyclic amines) is 1. The molecular weight excluding hydrogens is 317 g/mol. The van der Waals surface area contributed by atoms with Crippen LogP contribution in [0.1, 0.15) is 30.0 Å². The summed E-state index contributed by atoms with van der Waals surface area (Å²) in [5, 5.41) is 0. The number of halogens is 3. The number of nitrogens with zero attached hydrogens (tertiary/aromatic N) is 2. The Kier molecular flexibility index (Phi) is 5.18. The lowest BCUT2D eigenvalue weighted by Crippen LogP contribution is -2.48. The number of aryl methyl sites for hydroxylation is 1. The number of rotatable bonds is 3. The number of hydrogen-bond acceptors (Lipinski definition) is 3. The minimum atomic E-state index is -4.27. The van der Waals surface area contributed by atoms with E-state index < -0.39 is 11.7 Å². The van der Waals surface area contributed by atoms with Crippen molar-refractivity contribution in [2.24, 2.45) is 0 Å². The van der Waals surface area contributed by atoms with Crippen molar-refractivity contribution in [1.29, 1.82) is 0 Å². The molecular formula is C18H25F3N2O. The first-order valence-electron chi connectivity index (χ1n) is 8.59. The first kappa shape index (κ1) is 17.7. The highest BCUT2D eigenvalue weighted by molar-refractivity contribution is 5.32. The second kappa shape index (κ2) is 7.02. The molecule has 0 radical (unpaired) electrons. The second-order valence-electron chi connectivity index (χ2n) is 6.85. The molecule has 2 aliphatic heterocycles. The van der Waals surface area contributed by atoms with Crippen LogP contribution < -0.4 is 0 Å². The Morgan fingerprint density at radius 3 is 2.50 bits per heavy atom. The van der Waals surface area contributed by atoms with E-state index in [-0.39, 0.29) is 0 Å². The fourth-order valence-corrected chi connectivity index (χ4v) is 3.87. The zero-order valence-electron chi connectivity index (χ0n) is 14.3. The molecule has 0 saturated carbocycles. The monoisotopic (exact) mass is 342 g/mol. The zero-order chi connectivity index (χ0) is 17.3. The van der Waals surface area contributed by atoms with Crippen LogP contribution in [0.3, 0.4) is 0 Å². The molecule has 2 heterocycles. The summed E-state index contributed by atoms with van der Waals surface area (Å²) in [6.07, 6.45) is -3.16. The van der Waals surface area contributed by atoms with Crippen LogP contribution in [0, 0.1) is 6.92 Å². The van der Waals surface area contributed by atoms with Gasteiger partial charge in [-0.05, 0) is 43.5 Å². The molecule has 3 rings (SSSR count). The molecule has 0 unspecified atom stereocenters. The molecule has 2 atom stereocenters. The largest absolute Gasteiger partial charge is 0.416 e. The Bertz CT molecular complexity index is 570. The standard InChI is InChI=1S/C18H25F3N2O/c1-13-11-16(18(19,20)21)4-3-15(13)12-23-6-5-17(14(23)2)22-7-9-24-10-8-22/h3-4,11,14,17H,5-10,12H2,1-2H3/t14-,17-/m1/s1. The Morgan fingerprint density at radius 2 is 1.88 bits per heavy atom. The maximum absolute atomic E-state index is 12.8. The molecule has 24 heavy (non-hydrogen) atoms. The van der Waals surface area contributed by atoms with Gasteiger partial charge in [-0.3, -0.25) is 9.80 Å². The average molecular weight is 342 g/mol. The van der Waals surface area contributed by atoms with Gasteiger partial charge in [0, 0.05) is 38.3 Å². The summed E-state index contributed by atoms with van der Waals surface area (Å²) in [5.74, 6) is 0. The van der Waals surface area contributed by atoms with E-state index in [0.717, 1.165) is 44.8 Å². The van der Waals surface area contributed by atoms with E-state index in [2.05, 4.69) is 16.7 Å². The molecule has 2 fully saturated rings. The lowest BCUT2D eigenvalue weighted by Gasteiger charge is -2.36. The average Bonchev–Trinajstić information content (AvgIpc) is 2.90. The van der Waals surface area contributed by atoms with Crippen LogP contribution in [0.5, 0.6) is 0 Å². The highest BCUT2D eigenvalue weighted by Gasteiger charge is 2.35. The van der Waals surface area contributed by atoms with Crippen LogP contribution >= 0.6 is 0 Å². The molecule has 2 saturated heterocycles. The van der Waals surface area contributed by atoms with Gasteiger partial charge in [0.25, 0.3) is 0 Å². The van der Waals surface area contributed by atoms with Crippen LogP contribution in [0.25, 0.3) is 0 Å².